The van der Waals surface area contributed by atoms with E-state index in [2.05, 4.69) is 0 Å². The van der Waals surface area contributed by atoms with Gasteiger partial charge in [-0.3, -0.25) is 9.59 Å². The summed E-state index contributed by atoms with van der Waals surface area (Å²) in [6.45, 7) is 2.61. The lowest BCUT2D eigenvalue weighted by molar-refractivity contribution is -0.149. The standard InChI is InChI=1S/C10H12O5/c1-6(11)15-7-3-4-10(2,9(13)14)8(12)5-7/h3-5,8,12H,1-2H3,(H,13,14). The Labute approximate surface area is 86.7 Å². The summed E-state index contributed by atoms with van der Waals surface area (Å²) in [5.74, 6) is -1.49. The molecule has 0 amide bonds. The SMILES string of the molecule is CC(=O)OC1=CC(O)C(C)(C(=O)O)C=C1. The lowest BCUT2D eigenvalue weighted by Crippen LogP contribution is -2.38. The van der Waals surface area contributed by atoms with Crippen LogP contribution in [0.2, 0.25) is 0 Å². The Morgan fingerprint density at radius 1 is 1.53 bits per heavy atom. The maximum Gasteiger partial charge on any atom is 0.316 e. The van der Waals surface area contributed by atoms with Crippen LogP contribution in [0.5, 0.6) is 0 Å². The average molecular weight is 212 g/mol. The van der Waals surface area contributed by atoms with Crippen LogP contribution in [0, 0.1) is 5.41 Å². The summed E-state index contributed by atoms with van der Waals surface area (Å²) < 4.78 is 4.72. The number of allylic oxidation sites excluding steroid dienone is 1. The van der Waals surface area contributed by atoms with Gasteiger partial charge in [0.15, 0.2) is 0 Å². The molecule has 0 radical (unpaired) electrons. The first-order valence-corrected chi connectivity index (χ1v) is 4.37. The van der Waals surface area contributed by atoms with Gasteiger partial charge in [-0.05, 0) is 19.1 Å². The van der Waals surface area contributed by atoms with Gasteiger partial charge in [0, 0.05) is 6.92 Å². The van der Waals surface area contributed by atoms with E-state index in [0.29, 0.717) is 0 Å². The summed E-state index contributed by atoms with van der Waals surface area (Å²) in [7, 11) is 0. The smallest absolute Gasteiger partial charge is 0.316 e. The van der Waals surface area contributed by atoms with Crippen LogP contribution in [0.3, 0.4) is 0 Å². The first-order valence-electron chi connectivity index (χ1n) is 4.37. The summed E-state index contributed by atoms with van der Waals surface area (Å²) in [4.78, 5) is 21.5. The molecule has 82 valence electrons. The predicted octanol–water partition coefficient (Wildman–Crippen LogP) is 0.455. The van der Waals surface area contributed by atoms with Crippen LogP contribution in [-0.2, 0) is 14.3 Å². The highest BCUT2D eigenvalue weighted by Gasteiger charge is 2.39. The van der Waals surface area contributed by atoms with Gasteiger partial charge in [0.05, 0.1) is 6.10 Å². The zero-order valence-corrected chi connectivity index (χ0v) is 8.43. The Morgan fingerprint density at radius 2 is 2.13 bits per heavy atom. The number of aliphatic carboxylic acids is 1. The van der Waals surface area contributed by atoms with E-state index in [1.54, 1.807) is 0 Å². The van der Waals surface area contributed by atoms with Gasteiger partial charge in [-0.1, -0.05) is 6.08 Å². The number of hydrogen-bond donors (Lipinski definition) is 2. The molecule has 0 fully saturated rings. The van der Waals surface area contributed by atoms with Crippen LogP contribution in [0.25, 0.3) is 0 Å². The third-order valence-corrected chi connectivity index (χ3v) is 2.25. The molecule has 0 saturated heterocycles. The molecule has 0 aromatic rings. The van der Waals surface area contributed by atoms with Crippen LogP contribution in [0.1, 0.15) is 13.8 Å². The van der Waals surface area contributed by atoms with E-state index >= 15 is 0 Å². The highest BCUT2D eigenvalue weighted by atomic mass is 16.5. The summed E-state index contributed by atoms with van der Waals surface area (Å²) >= 11 is 0. The van der Waals surface area contributed by atoms with Gasteiger partial charge in [-0.15, -0.1) is 0 Å². The number of carboxylic acid groups (broad SMARTS) is 1. The van der Waals surface area contributed by atoms with Crippen LogP contribution in [-0.4, -0.2) is 28.3 Å². The molecule has 1 aliphatic carbocycles. The zero-order chi connectivity index (χ0) is 11.6. The predicted molar refractivity (Wildman–Crippen MR) is 50.7 cm³/mol. The largest absolute Gasteiger partial charge is 0.481 e. The topological polar surface area (TPSA) is 83.8 Å². The van der Waals surface area contributed by atoms with Crippen molar-refractivity contribution in [3.05, 3.63) is 24.0 Å². The van der Waals surface area contributed by atoms with Gasteiger partial charge in [0.25, 0.3) is 0 Å². The van der Waals surface area contributed by atoms with Gasteiger partial charge >= 0.3 is 11.9 Å². The highest BCUT2D eigenvalue weighted by molar-refractivity contribution is 5.78. The second-order valence-electron chi connectivity index (χ2n) is 3.53. The van der Waals surface area contributed by atoms with E-state index in [9.17, 15) is 14.7 Å². The third kappa shape index (κ3) is 2.24. The van der Waals surface area contributed by atoms with Crippen molar-refractivity contribution in [3.8, 4) is 0 Å². The van der Waals surface area contributed by atoms with E-state index in [1.807, 2.05) is 0 Å². The Balaban J connectivity index is 2.88. The van der Waals surface area contributed by atoms with Crippen molar-refractivity contribution in [2.24, 2.45) is 5.41 Å². The lowest BCUT2D eigenvalue weighted by atomic mass is 9.81. The van der Waals surface area contributed by atoms with Crippen molar-refractivity contribution in [1.29, 1.82) is 0 Å². The van der Waals surface area contributed by atoms with Crippen molar-refractivity contribution in [2.45, 2.75) is 20.0 Å². The van der Waals surface area contributed by atoms with E-state index in [-0.39, 0.29) is 5.76 Å². The number of aliphatic hydroxyl groups is 1. The minimum atomic E-state index is -1.37. The molecule has 0 saturated carbocycles. The van der Waals surface area contributed by atoms with Crippen molar-refractivity contribution in [2.75, 3.05) is 0 Å². The van der Waals surface area contributed by atoms with Gasteiger partial charge in [-0.2, -0.15) is 0 Å². The second-order valence-corrected chi connectivity index (χ2v) is 3.53. The fraction of sp³-hybridized carbons (Fsp3) is 0.400. The summed E-state index contributed by atoms with van der Waals surface area (Å²) in [6, 6.07) is 0. The maximum absolute atomic E-state index is 10.9. The van der Waals surface area contributed by atoms with Crippen LogP contribution in [0.4, 0.5) is 0 Å². The van der Waals surface area contributed by atoms with Crippen molar-refractivity contribution in [3.63, 3.8) is 0 Å². The number of esters is 1. The maximum atomic E-state index is 10.9. The molecular weight excluding hydrogens is 200 g/mol. The Bertz CT molecular complexity index is 355. The third-order valence-electron chi connectivity index (χ3n) is 2.25. The van der Waals surface area contributed by atoms with Crippen LogP contribution >= 0.6 is 0 Å². The summed E-state index contributed by atoms with van der Waals surface area (Å²) in [6.07, 6.45) is 2.66. The Kier molecular flexibility index (Phi) is 2.95. The molecule has 1 rings (SSSR count). The molecule has 5 nitrogen and oxygen atoms in total. The van der Waals surface area contributed by atoms with Gasteiger partial charge < -0.3 is 14.9 Å². The molecule has 2 atom stereocenters. The molecule has 0 bridgehead atoms. The van der Waals surface area contributed by atoms with Crippen molar-refractivity contribution < 1.29 is 24.5 Å². The molecule has 0 aromatic carbocycles. The number of hydrogen-bond acceptors (Lipinski definition) is 4. The number of rotatable bonds is 2. The van der Waals surface area contributed by atoms with E-state index in [4.69, 9.17) is 9.84 Å². The highest BCUT2D eigenvalue weighted by Crippen LogP contribution is 2.30. The first kappa shape index (κ1) is 11.5. The van der Waals surface area contributed by atoms with Crippen LogP contribution in [0.15, 0.2) is 24.0 Å². The van der Waals surface area contributed by atoms with Crippen molar-refractivity contribution >= 4 is 11.9 Å². The molecule has 2 N–H and O–H groups in total. The second kappa shape index (κ2) is 3.86. The monoisotopic (exact) mass is 212 g/mol. The Morgan fingerprint density at radius 3 is 2.53 bits per heavy atom. The van der Waals surface area contributed by atoms with E-state index in [0.717, 1.165) is 0 Å². The number of carbonyl (C=O) groups is 2. The van der Waals surface area contributed by atoms with E-state index < -0.39 is 23.5 Å². The minimum Gasteiger partial charge on any atom is -0.481 e. The summed E-state index contributed by atoms with van der Waals surface area (Å²) in [5, 5.41) is 18.5. The normalized spacial score (nSPS) is 29.5. The number of aliphatic hydroxyl groups excluding tert-OH is 1. The molecule has 15 heavy (non-hydrogen) atoms. The molecule has 0 aromatic heterocycles. The fourth-order valence-electron chi connectivity index (χ4n) is 1.17. The molecule has 0 aliphatic heterocycles. The molecule has 0 heterocycles. The van der Waals surface area contributed by atoms with E-state index in [1.165, 1.54) is 32.1 Å². The minimum absolute atomic E-state index is 0.161. The summed E-state index contributed by atoms with van der Waals surface area (Å²) in [5.41, 5.74) is -1.37. The quantitative estimate of drug-likeness (QED) is 0.649. The first-order chi connectivity index (χ1) is 6.86. The molecular formula is C10H12O5. The Hall–Kier alpha value is -1.62. The fourth-order valence-corrected chi connectivity index (χ4v) is 1.17. The number of ether oxygens (including phenoxy) is 1. The molecule has 0 spiro atoms. The number of carboxylic acids is 1. The molecule has 2 unspecified atom stereocenters. The van der Waals surface area contributed by atoms with Crippen molar-refractivity contribution in [1.82, 2.24) is 0 Å². The number of carbonyl (C=O) groups excluding carboxylic acids is 1. The molecule has 5 heteroatoms. The van der Waals surface area contributed by atoms with Gasteiger partial charge in [0.2, 0.25) is 0 Å². The average Bonchev–Trinajstić information content (AvgIpc) is 2.10. The molecule has 1 aliphatic rings. The van der Waals surface area contributed by atoms with Gasteiger partial charge in [-0.25, -0.2) is 0 Å². The lowest BCUT2D eigenvalue weighted by Gasteiger charge is -2.27. The van der Waals surface area contributed by atoms with Gasteiger partial charge in [0.1, 0.15) is 11.2 Å². The zero-order valence-electron chi connectivity index (χ0n) is 8.43. The van der Waals surface area contributed by atoms with Crippen LogP contribution < -0.4 is 0 Å².